The molecule has 0 N–H and O–H groups in total. The topological polar surface area (TPSA) is 12.5 Å². The third kappa shape index (κ3) is 1.42. The molecule has 0 aromatic rings. The second-order valence-electron chi connectivity index (χ2n) is 3.85. The molecule has 1 aliphatic heterocycles. The first-order valence-corrected chi connectivity index (χ1v) is 4.43. The molecule has 0 saturated carbocycles. The highest BCUT2D eigenvalue weighted by Gasteiger charge is 2.36. The zero-order chi connectivity index (χ0) is 9.19. The lowest BCUT2D eigenvalue weighted by atomic mass is 9.87. The van der Waals surface area contributed by atoms with Gasteiger partial charge in [0.2, 0.25) is 0 Å². The van der Waals surface area contributed by atoms with Gasteiger partial charge in [-0.2, -0.15) is 0 Å². The Morgan fingerprint density at radius 2 is 2.25 bits per heavy atom. The molecule has 1 rings (SSSR count). The standard InChI is InChI=1S/C10H17NO/c1-5-11-6-7-12-8-10(11,4)9(2)3/h1,9H,6-8H2,2-4H3. The van der Waals surface area contributed by atoms with E-state index in [-0.39, 0.29) is 5.54 Å². The lowest BCUT2D eigenvalue weighted by molar-refractivity contribution is -0.0521. The van der Waals surface area contributed by atoms with Crippen molar-refractivity contribution >= 4 is 0 Å². The minimum absolute atomic E-state index is 0.0208. The van der Waals surface area contributed by atoms with Crippen molar-refractivity contribution in [2.75, 3.05) is 19.8 Å². The van der Waals surface area contributed by atoms with Gasteiger partial charge in [-0.25, -0.2) is 0 Å². The van der Waals surface area contributed by atoms with E-state index >= 15 is 0 Å². The van der Waals surface area contributed by atoms with Crippen LogP contribution in [0.1, 0.15) is 20.8 Å². The lowest BCUT2D eigenvalue weighted by Gasteiger charge is -2.45. The van der Waals surface area contributed by atoms with Gasteiger partial charge in [-0.05, 0) is 12.8 Å². The molecule has 2 nitrogen and oxygen atoms in total. The molecule has 0 bridgehead atoms. The summed E-state index contributed by atoms with van der Waals surface area (Å²) in [6.45, 7) is 8.88. The van der Waals surface area contributed by atoms with Crippen LogP contribution < -0.4 is 0 Å². The van der Waals surface area contributed by atoms with Gasteiger partial charge in [0.15, 0.2) is 0 Å². The first-order chi connectivity index (χ1) is 5.61. The summed E-state index contributed by atoms with van der Waals surface area (Å²) in [5, 5.41) is 0. The third-order valence-electron chi connectivity index (χ3n) is 2.87. The molecule has 0 spiro atoms. The van der Waals surface area contributed by atoms with Crippen molar-refractivity contribution < 1.29 is 4.74 Å². The highest BCUT2D eigenvalue weighted by molar-refractivity contribution is 5.01. The molecular weight excluding hydrogens is 150 g/mol. The SMILES string of the molecule is C#CN1CCOCC1(C)C(C)C. The van der Waals surface area contributed by atoms with Crippen LogP contribution in [0.3, 0.4) is 0 Å². The molecule has 0 aromatic carbocycles. The van der Waals surface area contributed by atoms with Crippen LogP contribution in [-0.2, 0) is 4.74 Å². The minimum Gasteiger partial charge on any atom is -0.377 e. The van der Waals surface area contributed by atoms with Gasteiger partial charge in [0, 0.05) is 6.04 Å². The van der Waals surface area contributed by atoms with Crippen LogP contribution in [0.2, 0.25) is 0 Å². The van der Waals surface area contributed by atoms with Gasteiger partial charge in [0.1, 0.15) is 0 Å². The van der Waals surface area contributed by atoms with Crippen LogP contribution in [0.15, 0.2) is 0 Å². The van der Waals surface area contributed by atoms with Gasteiger partial charge in [-0.1, -0.05) is 20.3 Å². The Morgan fingerprint density at radius 1 is 1.58 bits per heavy atom. The van der Waals surface area contributed by atoms with Crippen LogP contribution in [0.25, 0.3) is 0 Å². The zero-order valence-electron chi connectivity index (χ0n) is 8.13. The first-order valence-electron chi connectivity index (χ1n) is 4.43. The summed E-state index contributed by atoms with van der Waals surface area (Å²) in [7, 11) is 0. The van der Waals surface area contributed by atoms with E-state index in [0.717, 1.165) is 19.8 Å². The van der Waals surface area contributed by atoms with Gasteiger partial charge < -0.3 is 9.64 Å². The Kier molecular flexibility index (Phi) is 2.64. The average molecular weight is 167 g/mol. The molecule has 68 valence electrons. The van der Waals surface area contributed by atoms with Crippen LogP contribution in [0.4, 0.5) is 0 Å². The van der Waals surface area contributed by atoms with E-state index < -0.39 is 0 Å². The van der Waals surface area contributed by atoms with E-state index in [1.54, 1.807) is 0 Å². The van der Waals surface area contributed by atoms with Gasteiger partial charge >= 0.3 is 0 Å². The fourth-order valence-electron chi connectivity index (χ4n) is 1.46. The first kappa shape index (κ1) is 9.41. The molecule has 0 amide bonds. The number of hydrogen-bond donors (Lipinski definition) is 0. The summed E-state index contributed by atoms with van der Waals surface area (Å²) >= 11 is 0. The normalized spacial score (nSPS) is 30.4. The largest absolute Gasteiger partial charge is 0.377 e. The summed E-state index contributed by atoms with van der Waals surface area (Å²) in [5.41, 5.74) is 0.0208. The highest BCUT2D eigenvalue weighted by Crippen LogP contribution is 2.26. The zero-order valence-corrected chi connectivity index (χ0v) is 8.13. The Balaban J connectivity index is 2.77. The monoisotopic (exact) mass is 167 g/mol. The Morgan fingerprint density at radius 3 is 2.67 bits per heavy atom. The predicted molar refractivity (Wildman–Crippen MR) is 49.6 cm³/mol. The van der Waals surface area contributed by atoms with Gasteiger partial charge in [0.05, 0.1) is 25.3 Å². The molecule has 1 fully saturated rings. The number of hydrogen-bond acceptors (Lipinski definition) is 2. The Bertz CT molecular complexity index is 195. The van der Waals surface area contributed by atoms with Gasteiger partial charge in [0.25, 0.3) is 0 Å². The summed E-state index contributed by atoms with van der Waals surface area (Å²) in [6, 6.07) is 2.73. The van der Waals surface area contributed by atoms with E-state index in [2.05, 4.69) is 31.7 Å². The number of nitrogens with zero attached hydrogens (tertiary/aromatic N) is 1. The molecule has 1 unspecified atom stereocenters. The molecule has 1 heterocycles. The maximum absolute atomic E-state index is 5.44. The second kappa shape index (κ2) is 3.37. The van der Waals surface area contributed by atoms with E-state index in [9.17, 15) is 0 Å². The average Bonchev–Trinajstić information content (AvgIpc) is 2.05. The van der Waals surface area contributed by atoms with Crippen molar-refractivity contribution in [2.24, 2.45) is 5.92 Å². The van der Waals surface area contributed by atoms with Crippen molar-refractivity contribution in [3.63, 3.8) is 0 Å². The summed E-state index contributed by atoms with van der Waals surface area (Å²) in [6.07, 6.45) is 5.44. The number of ether oxygens (including phenoxy) is 1. The molecule has 0 aliphatic carbocycles. The van der Waals surface area contributed by atoms with Crippen LogP contribution in [0, 0.1) is 18.4 Å². The van der Waals surface area contributed by atoms with Crippen molar-refractivity contribution in [3.8, 4) is 12.5 Å². The van der Waals surface area contributed by atoms with Crippen LogP contribution in [-0.4, -0.2) is 30.2 Å². The quantitative estimate of drug-likeness (QED) is 0.546. The lowest BCUT2D eigenvalue weighted by Crippen LogP contribution is -2.55. The predicted octanol–water partition coefficient (Wildman–Crippen LogP) is 1.32. The molecule has 1 atom stereocenters. The van der Waals surface area contributed by atoms with E-state index in [0.29, 0.717) is 5.92 Å². The maximum atomic E-state index is 5.44. The van der Waals surface area contributed by atoms with Crippen LogP contribution in [0.5, 0.6) is 0 Å². The van der Waals surface area contributed by atoms with Gasteiger partial charge in [-0.3, -0.25) is 0 Å². The van der Waals surface area contributed by atoms with Crippen molar-refractivity contribution in [2.45, 2.75) is 26.3 Å². The van der Waals surface area contributed by atoms with E-state index in [1.165, 1.54) is 0 Å². The molecule has 0 aromatic heterocycles. The molecule has 1 saturated heterocycles. The third-order valence-corrected chi connectivity index (χ3v) is 2.87. The molecule has 12 heavy (non-hydrogen) atoms. The van der Waals surface area contributed by atoms with Crippen molar-refractivity contribution in [1.82, 2.24) is 4.90 Å². The van der Waals surface area contributed by atoms with E-state index in [1.807, 2.05) is 0 Å². The van der Waals surface area contributed by atoms with E-state index in [4.69, 9.17) is 11.2 Å². The molecule has 1 aliphatic rings. The van der Waals surface area contributed by atoms with Crippen molar-refractivity contribution in [3.05, 3.63) is 0 Å². The Labute approximate surface area is 74.9 Å². The maximum Gasteiger partial charge on any atom is 0.0708 e. The fourth-order valence-corrected chi connectivity index (χ4v) is 1.46. The number of rotatable bonds is 1. The second-order valence-corrected chi connectivity index (χ2v) is 3.85. The number of morpholine rings is 1. The highest BCUT2D eigenvalue weighted by atomic mass is 16.5. The Hall–Kier alpha value is -0.680. The number of terminal acetylenes is 1. The van der Waals surface area contributed by atoms with Crippen LogP contribution >= 0.6 is 0 Å². The van der Waals surface area contributed by atoms with Crippen molar-refractivity contribution in [1.29, 1.82) is 0 Å². The summed E-state index contributed by atoms with van der Waals surface area (Å²) in [4.78, 5) is 2.06. The smallest absolute Gasteiger partial charge is 0.0708 e. The molecular formula is C10H17NO. The van der Waals surface area contributed by atoms with Gasteiger partial charge in [-0.15, -0.1) is 0 Å². The summed E-state index contributed by atoms with van der Waals surface area (Å²) in [5.74, 6) is 0.522. The molecule has 0 radical (unpaired) electrons. The minimum atomic E-state index is 0.0208. The fraction of sp³-hybridized carbons (Fsp3) is 0.800. The molecule has 2 heteroatoms. The summed E-state index contributed by atoms with van der Waals surface area (Å²) < 4.78 is 5.44.